The molecule has 0 aliphatic rings. The van der Waals surface area contributed by atoms with E-state index in [1.165, 1.54) is 6.16 Å². The van der Waals surface area contributed by atoms with Gasteiger partial charge in [-0.15, -0.1) is 0 Å². The van der Waals surface area contributed by atoms with E-state index in [1.54, 1.807) is 0 Å². The largest absolute Gasteiger partial charge is 0.277 e. The van der Waals surface area contributed by atoms with Crippen molar-refractivity contribution < 1.29 is 0 Å². The van der Waals surface area contributed by atoms with Crippen molar-refractivity contribution in [2.45, 2.75) is 13.8 Å². The Morgan fingerprint density at radius 3 is 2.67 bits per heavy atom. The first kappa shape index (κ1) is 6.10. The second-order valence-corrected chi connectivity index (χ2v) is 2.18. The lowest BCUT2D eigenvalue weighted by Crippen LogP contribution is -1.53. The van der Waals surface area contributed by atoms with E-state index in [4.69, 9.17) is 0 Å². The molecule has 0 rings (SSSR count). The summed E-state index contributed by atoms with van der Waals surface area (Å²) in [5, 5.41) is 0. The maximum Gasteiger partial charge on any atom is 0.000350 e. The molecule has 0 spiro atoms. The van der Waals surface area contributed by atoms with Gasteiger partial charge in [-0.2, -0.15) is 0 Å². The Hall–Kier alpha value is 0.100. The van der Waals surface area contributed by atoms with E-state index in [1.807, 2.05) is 13.1 Å². The monoisotopic (exact) mass is 103 g/mol. The average Bonchev–Trinajstić information content (AvgIpc) is 1.61. The van der Waals surface area contributed by atoms with E-state index < -0.39 is 0 Å². The second kappa shape index (κ2) is 5.10. The van der Waals surface area contributed by atoms with E-state index in [-0.39, 0.29) is 0 Å². The lowest BCUT2D eigenvalue weighted by atomic mass is 10.9. The van der Waals surface area contributed by atoms with Gasteiger partial charge in [-0.25, -0.2) is 0 Å². The molecule has 6 heavy (non-hydrogen) atoms. The molecular formula is C4H10NP. The van der Waals surface area contributed by atoms with Crippen LogP contribution in [0.15, 0.2) is 4.76 Å². The quantitative estimate of drug-likeness (QED) is 0.372. The van der Waals surface area contributed by atoms with E-state index in [2.05, 4.69) is 11.7 Å². The maximum atomic E-state index is 3.99. The van der Waals surface area contributed by atoms with Gasteiger partial charge in [0.25, 0.3) is 0 Å². The van der Waals surface area contributed by atoms with Crippen LogP contribution in [0.2, 0.25) is 0 Å². The van der Waals surface area contributed by atoms with Crippen LogP contribution >= 0.6 is 8.73 Å². The second-order valence-electron chi connectivity index (χ2n) is 0.899. The maximum absolute atomic E-state index is 3.99. The standard InChI is InChI=1S/C4H10NP/c1-3-5-6-4-2/h3,6H,4H2,1-2H3/b5-3+. The minimum atomic E-state index is 0.784. The highest BCUT2D eigenvalue weighted by molar-refractivity contribution is 7.36. The molecule has 0 saturated carbocycles. The number of hydrogen-bond acceptors (Lipinski definition) is 1. The molecule has 0 fully saturated rings. The van der Waals surface area contributed by atoms with Gasteiger partial charge in [0.05, 0.1) is 0 Å². The van der Waals surface area contributed by atoms with Crippen LogP contribution in [-0.2, 0) is 0 Å². The van der Waals surface area contributed by atoms with Crippen LogP contribution in [0.25, 0.3) is 0 Å². The molecule has 0 aromatic carbocycles. The first-order valence-corrected chi connectivity index (χ1v) is 3.27. The molecule has 0 N–H and O–H groups in total. The molecule has 0 aromatic rings. The smallest absolute Gasteiger partial charge is 0.000350 e. The molecule has 0 heterocycles. The van der Waals surface area contributed by atoms with Gasteiger partial charge < -0.3 is 0 Å². The topological polar surface area (TPSA) is 12.4 Å². The highest BCUT2D eigenvalue weighted by Gasteiger charge is 1.64. The van der Waals surface area contributed by atoms with Crippen LogP contribution in [0.5, 0.6) is 0 Å². The third-order valence-electron chi connectivity index (χ3n) is 0.379. The summed E-state index contributed by atoms with van der Waals surface area (Å²) in [4.78, 5) is 0. The predicted octanol–water partition coefficient (Wildman–Crippen LogP) is 1.69. The zero-order valence-corrected chi connectivity index (χ0v) is 5.23. The molecule has 0 saturated heterocycles. The van der Waals surface area contributed by atoms with Crippen LogP contribution in [0, 0.1) is 0 Å². The number of hydrogen-bond donors (Lipinski definition) is 0. The lowest BCUT2D eigenvalue weighted by Gasteiger charge is -1.77. The van der Waals surface area contributed by atoms with Crippen LogP contribution < -0.4 is 0 Å². The normalized spacial score (nSPS) is 12.3. The van der Waals surface area contributed by atoms with Gasteiger partial charge in [-0.1, -0.05) is 6.92 Å². The van der Waals surface area contributed by atoms with Crippen LogP contribution in [0.3, 0.4) is 0 Å². The molecule has 1 unspecified atom stereocenters. The van der Waals surface area contributed by atoms with Gasteiger partial charge in [-0.05, 0) is 19.3 Å². The molecule has 0 aromatic heterocycles. The highest BCUT2D eigenvalue weighted by atomic mass is 31.1. The Bertz CT molecular complexity index is 42.8. The fourth-order valence-electron chi connectivity index (χ4n) is 0.183. The van der Waals surface area contributed by atoms with Gasteiger partial charge in [0.1, 0.15) is 0 Å². The van der Waals surface area contributed by atoms with Gasteiger partial charge in [0.15, 0.2) is 0 Å². The van der Waals surface area contributed by atoms with Crippen molar-refractivity contribution in [3.8, 4) is 0 Å². The summed E-state index contributed by atoms with van der Waals surface area (Å²) < 4.78 is 3.99. The molecule has 0 amide bonds. The number of rotatable bonds is 2. The van der Waals surface area contributed by atoms with Gasteiger partial charge >= 0.3 is 0 Å². The van der Waals surface area contributed by atoms with Crippen LogP contribution in [-0.4, -0.2) is 12.4 Å². The first-order chi connectivity index (χ1) is 2.91. The molecule has 1 atom stereocenters. The average molecular weight is 103 g/mol. The molecule has 2 heteroatoms. The fourth-order valence-corrected chi connectivity index (χ4v) is 0.548. The number of nitrogens with zero attached hydrogens (tertiary/aromatic N) is 1. The summed E-state index contributed by atoms with van der Waals surface area (Å²) in [5.74, 6) is 0. The molecule has 0 aliphatic heterocycles. The van der Waals surface area contributed by atoms with Crippen molar-refractivity contribution in [1.82, 2.24) is 0 Å². The Labute approximate surface area is 40.7 Å². The molecule has 0 radical (unpaired) electrons. The minimum Gasteiger partial charge on any atom is -0.277 e. The summed E-state index contributed by atoms with van der Waals surface area (Å²) in [6.07, 6.45) is 3.03. The minimum absolute atomic E-state index is 0.784. The summed E-state index contributed by atoms with van der Waals surface area (Å²) in [5.41, 5.74) is 0. The molecule has 0 bridgehead atoms. The van der Waals surface area contributed by atoms with Crippen molar-refractivity contribution >= 4 is 14.9 Å². The van der Waals surface area contributed by atoms with Crippen LogP contribution in [0.1, 0.15) is 13.8 Å². The Morgan fingerprint density at radius 1 is 1.83 bits per heavy atom. The van der Waals surface area contributed by atoms with Crippen LogP contribution in [0.4, 0.5) is 0 Å². The van der Waals surface area contributed by atoms with Crippen molar-refractivity contribution in [2.24, 2.45) is 4.76 Å². The van der Waals surface area contributed by atoms with Gasteiger partial charge in [0.2, 0.25) is 0 Å². The van der Waals surface area contributed by atoms with Crippen molar-refractivity contribution in [3.05, 3.63) is 0 Å². The highest BCUT2D eigenvalue weighted by Crippen LogP contribution is 2.06. The van der Waals surface area contributed by atoms with Crippen molar-refractivity contribution in [1.29, 1.82) is 0 Å². The SMILES string of the molecule is C/C=N/PCC. The molecule has 0 aliphatic carbocycles. The first-order valence-electron chi connectivity index (χ1n) is 2.12. The predicted molar refractivity (Wildman–Crippen MR) is 33.0 cm³/mol. The van der Waals surface area contributed by atoms with E-state index >= 15 is 0 Å². The third-order valence-corrected chi connectivity index (χ3v) is 1.14. The molecular weight excluding hydrogens is 93.0 g/mol. The molecule has 1 nitrogen and oxygen atoms in total. The van der Waals surface area contributed by atoms with Gasteiger partial charge in [0, 0.05) is 8.73 Å². The van der Waals surface area contributed by atoms with E-state index in [9.17, 15) is 0 Å². The third kappa shape index (κ3) is 4.10. The Balaban J connectivity index is 2.66. The summed E-state index contributed by atoms with van der Waals surface area (Å²) in [6, 6.07) is 0. The summed E-state index contributed by atoms with van der Waals surface area (Å²) in [6.45, 7) is 4.08. The Morgan fingerprint density at radius 2 is 2.50 bits per heavy atom. The van der Waals surface area contributed by atoms with E-state index in [0.29, 0.717) is 0 Å². The summed E-state index contributed by atoms with van der Waals surface area (Å²) in [7, 11) is 0.784. The zero-order valence-electron chi connectivity index (χ0n) is 4.23. The van der Waals surface area contributed by atoms with Crippen molar-refractivity contribution in [3.63, 3.8) is 0 Å². The van der Waals surface area contributed by atoms with Gasteiger partial charge in [-0.3, -0.25) is 4.76 Å². The fraction of sp³-hybridized carbons (Fsp3) is 0.750. The Kier molecular flexibility index (Phi) is 5.18. The van der Waals surface area contributed by atoms with Crippen molar-refractivity contribution in [2.75, 3.05) is 6.16 Å². The summed E-state index contributed by atoms with van der Waals surface area (Å²) >= 11 is 0. The zero-order chi connectivity index (χ0) is 4.83. The lowest BCUT2D eigenvalue weighted by molar-refractivity contribution is 1.50. The van der Waals surface area contributed by atoms with E-state index in [0.717, 1.165) is 8.73 Å². The molecule has 36 valence electrons.